The van der Waals surface area contributed by atoms with Crippen molar-refractivity contribution < 1.29 is 23.7 Å². The van der Waals surface area contributed by atoms with Gasteiger partial charge in [-0.1, -0.05) is 23.7 Å². The van der Waals surface area contributed by atoms with Gasteiger partial charge < -0.3 is 18.9 Å². The van der Waals surface area contributed by atoms with E-state index >= 15 is 0 Å². The van der Waals surface area contributed by atoms with Crippen molar-refractivity contribution in [2.75, 3.05) is 13.2 Å². The summed E-state index contributed by atoms with van der Waals surface area (Å²) < 4.78 is 22.6. The molecule has 0 aliphatic rings. The molecular formula is C22H29ClLiO5P. The standard InChI is InChI=1S/C22H28ClO5P.Li.H/c1-6-25-15(4)27-17-11-12-20(19(13-17)28-16(5)26-7-2)29-22(24)21-14(3)9-8-10-18(21)23;;/h8-13,15-16,29H,6-7H2,1-5H3;;. The molecule has 0 spiro atoms. The Bertz CT molecular complexity index is 813. The molecule has 0 aromatic heterocycles. The zero-order valence-electron chi connectivity index (χ0n) is 17.5. The van der Waals surface area contributed by atoms with Crippen molar-refractivity contribution in [1.29, 1.82) is 0 Å². The van der Waals surface area contributed by atoms with Gasteiger partial charge in [0.15, 0.2) is 18.1 Å². The summed E-state index contributed by atoms with van der Waals surface area (Å²) in [6.45, 7) is 10.4. The van der Waals surface area contributed by atoms with Crippen molar-refractivity contribution in [3.8, 4) is 11.5 Å². The number of ether oxygens (including phenoxy) is 4. The predicted octanol–water partition coefficient (Wildman–Crippen LogP) is 4.67. The van der Waals surface area contributed by atoms with Gasteiger partial charge in [-0.05, 0) is 67.0 Å². The third-order valence-electron chi connectivity index (χ3n) is 4.05. The molecule has 8 heteroatoms. The van der Waals surface area contributed by atoms with E-state index in [1.165, 1.54) is 0 Å². The number of carbonyl (C=O) groups excluding carboxylic acids is 1. The van der Waals surface area contributed by atoms with E-state index in [9.17, 15) is 4.79 Å². The van der Waals surface area contributed by atoms with Gasteiger partial charge in [0, 0.05) is 30.1 Å². The Balaban J connectivity index is 0.00000450. The van der Waals surface area contributed by atoms with Gasteiger partial charge in [0.25, 0.3) is 0 Å². The second-order valence-corrected chi connectivity index (χ2v) is 7.98. The van der Waals surface area contributed by atoms with Crippen LogP contribution in [-0.2, 0) is 9.47 Å². The van der Waals surface area contributed by atoms with Gasteiger partial charge in [-0.25, -0.2) is 0 Å². The number of aryl methyl sites for hydroxylation is 1. The minimum atomic E-state index is -0.458. The van der Waals surface area contributed by atoms with Crippen molar-refractivity contribution in [3.05, 3.63) is 52.5 Å². The summed E-state index contributed by atoms with van der Waals surface area (Å²) in [5.74, 6) is 1.14. The van der Waals surface area contributed by atoms with Crippen molar-refractivity contribution in [1.82, 2.24) is 0 Å². The van der Waals surface area contributed by atoms with Crippen LogP contribution in [0.3, 0.4) is 0 Å². The summed E-state index contributed by atoms with van der Waals surface area (Å²) in [5.41, 5.74) is 1.35. The van der Waals surface area contributed by atoms with Gasteiger partial charge in [-0.3, -0.25) is 4.79 Å². The molecule has 0 amide bonds. The van der Waals surface area contributed by atoms with Crippen LogP contribution in [0.25, 0.3) is 0 Å². The first kappa shape index (κ1) is 27.0. The molecule has 3 atom stereocenters. The van der Waals surface area contributed by atoms with E-state index in [0.717, 1.165) is 10.9 Å². The fourth-order valence-corrected chi connectivity index (χ4v) is 4.30. The van der Waals surface area contributed by atoms with E-state index < -0.39 is 12.6 Å². The Labute approximate surface area is 197 Å². The molecule has 0 saturated heterocycles. The molecule has 5 nitrogen and oxygen atoms in total. The zero-order valence-corrected chi connectivity index (χ0v) is 19.2. The van der Waals surface area contributed by atoms with Gasteiger partial charge in [-0.15, -0.1) is 0 Å². The van der Waals surface area contributed by atoms with Crippen molar-refractivity contribution in [3.63, 3.8) is 0 Å². The Morgan fingerprint density at radius 3 is 2.27 bits per heavy atom. The van der Waals surface area contributed by atoms with Crippen molar-refractivity contribution >= 4 is 49.9 Å². The molecule has 3 unspecified atom stereocenters. The van der Waals surface area contributed by atoms with Crippen LogP contribution in [0, 0.1) is 6.92 Å². The molecule has 0 saturated carbocycles. The molecule has 0 radical (unpaired) electrons. The maximum atomic E-state index is 13.0. The number of benzene rings is 2. The average Bonchev–Trinajstić information content (AvgIpc) is 2.64. The SMILES string of the molecule is CCOC(C)Oc1ccc(PC(=O)c2c(C)cccc2Cl)c(OC(C)OCC)c1.[LiH]. The summed E-state index contributed by atoms with van der Waals surface area (Å²) in [5, 5.41) is 1.22. The number of halogens is 1. The molecule has 0 aliphatic heterocycles. The summed E-state index contributed by atoms with van der Waals surface area (Å²) in [7, 11) is -0.149. The van der Waals surface area contributed by atoms with E-state index in [2.05, 4.69) is 0 Å². The van der Waals surface area contributed by atoms with Crippen LogP contribution in [0.1, 0.15) is 43.6 Å². The van der Waals surface area contributed by atoms with E-state index in [4.69, 9.17) is 30.5 Å². The van der Waals surface area contributed by atoms with Gasteiger partial charge in [0.1, 0.15) is 11.5 Å². The minimum absolute atomic E-state index is 0. The molecule has 160 valence electrons. The molecule has 0 heterocycles. The van der Waals surface area contributed by atoms with Gasteiger partial charge in [0.2, 0.25) is 0 Å². The van der Waals surface area contributed by atoms with Crippen LogP contribution in [0.15, 0.2) is 36.4 Å². The third kappa shape index (κ3) is 7.89. The molecule has 2 aromatic carbocycles. The average molecular weight is 447 g/mol. The monoisotopic (exact) mass is 446 g/mol. The van der Waals surface area contributed by atoms with E-state index in [1.54, 1.807) is 12.1 Å². The van der Waals surface area contributed by atoms with Crippen LogP contribution < -0.4 is 14.8 Å². The molecule has 2 rings (SSSR count). The first-order valence-corrected chi connectivity index (χ1v) is 11.0. The second kappa shape index (κ2) is 13.4. The third-order valence-corrected chi connectivity index (χ3v) is 5.52. The number of hydrogen-bond acceptors (Lipinski definition) is 5. The van der Waals surface area contributed by atoms with Crippen LogP contribution >= 0.6 is 20.2 Å². The molecule has 2 aromatic rings. The molecule has 0 fully saturated rings. The first-order chi connectivity index (χ1) is 13.8. The Morgan fingerprint density at radius 1 is 1.03 bits per heavy atom. The topological polar surface area (TPSA) is 54.0 Å². The molecular weight excluding hydrogens is 418 g/mol. The van der Waals surface area contributed by atoms with Crippen LogP contribution in [0.2, 0.25) is 5.02 Å². The summed E-state index contributed by atoms with van der Waals surface area (Å²) in [6.07, 6.45) is -0.849. The molecule has 0 N–H and O–H groups in total. The molecule has 0 bridgehead atoms. The normalized spacial score (nSPS) is 13.0. The molecule has 0 aliphatic carbocycles. The summed E-state index contributed by atoms with van der Waals surface area (Å²) in [4.78, 5) is 13.0. The van der Waals surface area contributed by atoms with Crippen LogP contribution in [0.5, 0.6) is 11.5 Å². The second-order valence-electron chi connectivity index (χ2n) is 6.33. The predicted molar refractivity (Wildman–Crippen MR) is 125 cm³/mol. The summed E-state index contributed by atoms with van der Waals surface area (Å²) >= 11 is 6.27. The van der Waals surface area contributed by atoms with Crippen LogP contribution in [-0.4, -0.2) is 50.2 Å². The van der Waals surface area contributed by atoms with Crippen molar-refractivity contribution in [2.24, 2.45) is 0 Å². The zero-order chi connectivity index (χ0) is 21.4. The Kier molecular flexibility index (Phi) is 12.0. The quantitative estimate of drug-likeness (QED) is 0.285. The Morgan fingerprint density at radius 2 is 1.67 bits per heavy atom. The number of carbonyl (C=O) groups is 1. The van der Waals surface area contributed by atoms with E-state index in [0.29, 0.717) is 35.3 Å². The molecule has 30 heavy (non-hydrogen) atoms. The van der Waals surface area contributed by atoms with Gasteiger partial charge >= 0.3 is 18.9 Å². The summed E-state index contributed by atoms with van der Waals surface area (Å²) in [6, 6.07) is 10.9. The Hall–Kier alpha value is -1.05. The fraction of sp³-hybridized carbons (Fsp3) is 0.409. The maximum absolute atomic E-state index is 13.0. The van der Waals surface area contributed by atoms with E-state index in [1.807, 2.05) is 58.9 Å². The van der Waals surface area contributed by atoms with Crippen LogP contribution in [0.4, 0.5) is 0 Å². The van der Waals surface area contributed by atoms with Crippen molar-refractivity contribution in [2.45, 2.75) is 47.2 Å². The van der Waals surface area contributed by atoms with E-state index in [-0.39, 0.29) is 33.0 Å². The van der Waals surface area contributed by atoms with Gasteiger partial charge in [0.05, 0.1) is 5.02 Å². The first-order valence-electron chi connectivity index (χ1n) is 9.62. The van der Waals surface area contributed by atoms with Gasteiger partial charge in [-0.2, -0.15) is 0 Å². The fourth-order valence-electron chi connectivity index (χ4n) is 2.79. The number of hydrogen-bond donors (Lipinski definition) is 0. The number of rotatable bonds is 11.